The summed E-state index contributed by atoms with van der Waals surface area (Å²) < 4.78 is 16.3. The van der Waals surface area contributed by atoms with Crippen LogP contribution in [0, 0.1) is 0 Å². The summed E-state index contributed by atoms with van der Waals surface area (Å²) in [7, 11) is 0. The second-order valence-electron chi connectivity index (χ2n) is 11.7. The van der Waals surface area contributed by atoms with E-state index in [-0.39, 0.29) is 11.8 Å². The number of aromatic nitrogens is 1. The lowest BCUT2D eigenvalue weighted by atomic mass is 10.1. The summed E-state index contributed by atoms with van der Waals surface area (Å²) in [5, 5.41) is 5.55. The monoisotopic (exact) mass is 563 g/mol. The molecule has 218 valence electrons. The van der Waals surface area contributed by atoms with Gasteiger partial charge in [-0.05, 0) is 84.0 Å². The van der Waals surface area contributed by atoms with Crippen molar-refractivity contribution in [2.75, 3.05) is 41.7 Å². The number of hydrogen-bond acceptors (Lipinski definition) is 8. The van der Waals surface area contributed by atoms with Crippen molar-refractivity contribution >= 4 is 35.2 Å². The molecule has 1 saturated heterocycles. The maximum absolute atomic E-state index is 13.2. The Labute approximate surface area is 239 Å². The molecule has 0 spiro atoms. The van der Waals surface area contributed by atoms with Gasteiger partial charge >= 0.3 is 12.2 Å². The number of ether oxygens (including phenoxy) is 2. The number of rotatable bonds is 5. The van der Waals surface area contributed by atoms with E-state index in [1.54, 1.807) is 74.5 Å². The molecule has 4 rings (SSSR count). The summed E-state index contributed by atoms with van der Waals surface area (Å²) >= 11 is 0. The highest BCUT2D eigenvalue weighted by Gasteiger charge is 2.26. The lowest BCUT2D eigenvalue weighted by Crippen LogP contribution is -2.50. The average Bonchev–Trinajstić information content (AvgIpc) is 3.43. The third-order valence-electron chi connectivity index (χ3n) is 5.99. The number of benzene rings is 1. The van der Waals surface area contributed by atoms with Crippen molar-refractivity contribution in [1.29, 1.82) is 0 Å². The molecular formula is C30H37N5O6. The van der Waals surface area contributed by atoms with Crippen LogP contribution >= 0.6 is 0 Å². The molecule has 11 nitrogen and oxygen atoms in total. The smallest absolute Gasteiger partial charge is 0.412 e. The molecule has 3 heterocycles. The van der Waals surface area contributed by atoms with E-state index in [0.717, 1.165) is 5.69 Å². The van der Waals surface area contributed by atoms with Gasteiger partial charge in [0.1, 0.15) is 22.7 Å². The summed E-state index contributed by atoms with van der Waals surface area (Å²) in [5.74, 6) is 0.161. The van der Waals surface area contributed by atoms with Gasteiger partial charge in [0.05, 0.1) is 29.5 Å². The number of piperazine rings is 1. The summed E-state index contributed by atoms with van der Waals surface area (Å²) in [4.78, 5) is 46.2. The number of nitrogens with one attached hydrogen (secondary N) is 2. The van der Waals surface area contributed by atoms with Crippen LogP contribution in [0.25, 0.3) is 11.3 Å². The minimum absolute atomic E-state index is 0.202. The fourth-order valence-electron chi connectivity index (χ4n) is 4.13. The molecule has 0 unspecified atom stereocenters. The highest BCUT2D eigenvalue weighted by atomic mass is 16.6. The summed E-state index contributed by atoms with van der Waals surface area (Å²) in [6.45, 7) is 13.1. The van der Waals surface area contributed by atoms with Gasteiger partial charge in [-0.25, -0.2) is 14.6 Å². The number of amides is 3. The zero-order chi connectivity index (χ0) is 29.8. The van der Waals surface area contributed by atoms with Crippen LogP contribution in [-0.2, 0) is 9.47 Å². The Hall–Kier alpha value is -4.54. The molecule has 1 aromatic carbocycles. The van der Waals surface area contributed by atoms with Gasteiger partial charge in [-0.3, -0.25) is 10.1 Å². The number of anilines is 3. The van der Waals surface area contributed by atoms with E-state index in [9.17, 15) is 14.4 Å². The number of pyridine rings is 1. The van der Waals surface area contributed by atoms with E-state index >= 15 is 0 Å². The Morgan fingerprint density at radius 2 is 1.56 bits per heavy atom. The molecule has 3 aromatic rings. The second kappa shape index (κ2) is 11.9. The van der Waals surface area contributed by atoms with E-state index < -0.39 is 23.2 Å². The molecule has 2 aromatic heterocycles. The Morgan fingerprint density at radius 3 is 2.15 bits per heavy atom. The van der Waals surface area contributed by atoms with Gasteiger partial charge in [-0.15, -0.1) is 0 Å². The first-order chi connectivity index (χ1) is 19.3. The van der Waals surface area contributed by atoms with Crippen LogP contribution in [0.3, 0.4) is 0 Å². The molecule has 1 aliphatic heterocycles. The van der Waals surface area contributed by atoms with Gasteiger partial charge in [0, 0.05) is 31.7 Å². The fraction of sp³-hybridized carbons (Fsp3) is 0.400. The van der Waals surface area contributed by atoms with Gasteiger partial charge in [-0.1, -0.05) is 0 Å². The predicted octanol–water partition coefficient (Wildman–Crippen LogP) is 6.00. The largest absolute Gasteiger partial charge is 0.464 e. The normalized spacial score (nSPS) is 13.9. The predicted molar refractivity (Wildman–Crippen MR) is 156 cm³/mol. The fourth-order valence-corrected chi connectivity index (χ4v) is 4.13. The van der Waals surface area contributed by atoms with Crippen molar-refractivity contribution < 1.29 is 28.3 Å². The summed E-state index contributed by atoms with van der Waals surface area (Å²) in [5.41, 5.74) is 1.26. The van der Waals surface area contributed by atoms with Gasteiger partial charge in [0.2, 0.25) is 0 Å². The van der Waals surface area contributed by atoms with Crippen molar-refractivity contribution in [3.05, 3.63) is 60.6 Å². The molecule has 0 atom stereocenters. The van der Waals surface area contributed by atoms with Crippen molar-refractivity contribution in [3.63, 3.8) is 0 Å². The van der Waals surface area contributed by atoms with E-state index in [1.807, 2.05) is 26.8 Å². The number of hydrogen-bond donors (Lipinski definition) is 2. The SMILES string of the molecule is CC(C)(C)OC(=O)Nc1ccc(-c2ccco2)cc1NC(=O)c1ccc(N2CCN(C(=O)OC(C)(C)C)CC2)cn1. The lowest BCUT2D eigenvalue weighted by Gasteiger charge is -2.36. The van der Waals surface area contributed by atoms with Crippen LogP contribution in [0.2, 0.25) is 0 Å². The Balaban J connectivity index is 1.44. The zero-order valence-corrected chi connectivity index (χ0v) is 24.3. The molecule has 1 aliphatic rings. The third-order valence-corrected chi connectivity index (χ3v) is 5.99. The zero-order valence-electron chi connectivity index (χ0n) is 24.3. The quantitative estimate of drug-likeness (QED) is 0.387. The van der Waals surface area contributed by atoms with Crippen LogP contribution < -0.4 is 15.5 Å². The van der Waals surface area contributed by atoms with E-state index in [4.69, 9.17) is 13.9 Å². The first-order valence-corrected chi connectivity index (χ1v) is 13.5. The van der Waals surface area contributed by atoms with Crippen LogP contribution in [0.15, 0.2) is 59.3 Å². The van der Waals surface area contributed by atoms with Crippen molar-refractivity contribution in [3.8, 4) is 11.3 Å². The topological polar surface area (TPSA) is 126 Å². The maximum Gasteiger partial charge on any atom is 0.412 e. The van der Waals surface area contributed by atoms with E-state index in [0.29, 0.717) is 48.9 Å². The summed E-state index contributed by atoms with van der Waals surface area (Å²) in [6, 6.07) is 12.2. The van der Waals surface area contributed by atoms with Crippen molar-refractivity contribution in [2.24, 2.45) is 0 Å². The lowest BCUT2D eigenvalue weighted by molar-refractivity contribution is 0.0240. The maximum atomic E-state index is 13.2. The van der Waals surface area contributed by atoms with Gasteiger partial charge in [0.15, 0.2) is 0 Å². The Bertz CT molecular complexity index is 1370. The van der Waals surface area contributed by atoms with Crippen LogP contribution in [-0.4, -0.2) is 65.4 Å². The van der Waals surface area contributed by atoms with Gasteiger partial charge < -0.3 is 29.0 Å². The standard InChI is InChI=1S/C30H37N5O6/c1-29(2,3)40-27(37)33-22-11-9-20(25-8-7-17-39-25)18-24(22)32-26(36)23-12-10-21(19-31-23)34-13-15-35(16-14-34)28(38)41-30(4,5)6/h7-12,17-19H,13-16H2,1-6H3,(H,32,36)(H,33,37). The van der Waals surface area contributed by atoms with E-state index in [2.05, 4.69) is 20.5 Å². The number of furan rings is 1. The van der Waals surface area contributed by atoms with Crippen LogP contribution in [0.4, 0.5) is 26.7 Å². The van der Waals surface area contributed by atoms with Crippen molar-refractivity contribution in [2.45, 2.75) is 52.7 Å². The first-order valence-electron chi connectivity index (χ1n) is 13.5. The Morgan fingerprint density at radius 1 is 0.854 bits per heavy atom. The molecule has 2 N–H and O–H groups in total. The van der Waals surface area contributed by atoms with Crippen molar-refractivity contribution in [1.82, 2.24) is 9.88 Å². The number of nitrogens with zero attached hydrogens (tertiary/aromatic N) is 3. The minimum Gasteiger partial charge on any atom is -0.464 e. The molecule has 0 bridgehead atoms. The average molecular weight is 564 g/mol. The molecule has 11 heteroatoms. The third kappa shape index (κ3) is 8.23. The summed E-state index contributed by atoms with van der Waals surface area (Å²) in [6.07, 6.45) is 2.23. The van der Waals surface area contributed by atoms with Crippen LogP contribution in [0.5, 0.6) is 0 Å². The molecule has 41 heavy (non-hydrogen) atoms. The Kier molecular flexibility index (Phi) is 8.55. The first kappa shape index (κ1) is 29.4. The number of carbonyl (C=O) groups is 3. The number of carbonyl (C=O) groups excluding carboxylic acids is 3. The minimum atomic E-state index is -0.685. The molecule has 1 fully saturated rings. The van der Waals surface area contributed by atoms with Crippen LogP contribution in [0.1, 0.15) is 52.0 Å². The molecular weight excluding hydrogens is 526 g/mol. The second-order valence-corrected chi connectivity index (χ2v) is 11.7. The van der Waals surface area contributed by atoms with Gasteiger partial charge in [0.25, 0.3) is 5.91 Å². The highest BCUT2D eigenvalue weighted by Crippen LogP contribution is 2.30. The van der Waals surface area contributed by atoms with E-state index in [1.165, 1.54) is 0 Å². The van der Waals surface area contributed by atoms with Gasteiger partial charge in [-0.2, -0.15) is 0 Å². The highest BCUT2D eigenvalue weighted by molar-refractivity contribution is 6.06. The molecule has 0 aliphatic carbocycles. The molecule has 3 amide bonds. The molecule has 0 radical (unpaired) electrons. The molecule has 0 saturated carbocycles.